The Morgan fingerprint density at radius 1 is 1.53 bits per heavy atom. The molecule has 17 heavy (non-hydrogen) atoms. The number of aromatic nitrogens is 1. The summed E-state index contributed by atoms with van der Waals surface area (Å²) in [5.41, 5.74) is 1.88. The Kier molecular flexibility index (Phi) is 5.88. The quantitative estimate of drug-likeness (QED) is 0.666. The monoisotopic (exact) mass is 236 g/mol. The molecule has 1 unspecified atom stereocenters. The summed E-state index contributed by atoms with van der Waals surface area (Å²) in [7, 11) is 1.52. The van der Waals surface area contributed by atoms with Gasteiger partial charge in [-0.1, -0.05) is 0 Å². The third-order valence-corrected chi connectivity index (χ3v) is 2.42. The van der Waals surface area contributed by atoms with Gasteiger partial charge in [-0.2, -0.15) is 0 Å². The van der Waals surface area contributed by atoms with Crippen LogP contribution in [-0.2, 0) is 27.3 Å². The van der Waals surface area contributed by atoms with E-state index in [0.717, 1.165) is 24.0 Å². The third kappa shape index (κ3) is 4.74. The Balaban J connectivity index is 2.52. The maximum Gasteiger partial charge on any atom is 0.207 e. The van der Waals surface area contributed by atoms with E-state index < -0.39 is 0 Å². The van der Waals surface area contributed by atoms with Gasteiger partial charge in [-0.3, -0.25) is 9.78 Å². The standard InChI is InChI=1S/C12H16N2O3/c1-17-12(8-15)3-2-10-4-5-14-11(6-10)7-13-9-16/h4-6,8-9,12H,2-3,7H2,1H3,(H,13,16). The van der Waals surface area contributed by atoms with Crippen molar-refractivity contribution in [3.8, 4) is 0 Å². The molecule has 1 amide bonds. The van der Waals surface area contributed by atoms with Crippen molar-refractivity contribution in [3.05, 3.63) is 29.6 Å². The lowest BCUT2D eigenvalue weighted by Crippen LogP contribution is -2.13. The molecule has 0 aliphatic rings. The number of aryl methyl sites for hydroxylation is 1. The highest BCUT2D eigenvalue weighted by Crippen LogP contribution is 2.07. The second-order valence-corrected chi connectivity index (χ2v) is 3.60. The van der Waals surface area contributed by atoms with E-state index in [2.05, 4.69) is 10.3 Å². The molecule has 0 fully saturated rings. The summed E-state index contributed by atoms with van der Waals surface area (Å²) in [6.07, 6.45) is 4.16. The highest BCUT2D eigenvalue weighted by Gasteiger charge is 2.05. The molecule has 92 valence electrons. The van der Waals surface area contributed by atoms with Crippen LogP contribution < -0.4 is 5.32 Å². The van der Waals surface area contributed by atoms with E-state index in [1.807, 2.05) is 12.1 Å². The summed E-state index contributed by atoms with van der Waals surface area (Å²) in [6, 6.07) is 3.80. The van der Waals surface area contributed by atoms with Gasteiger partial charge in [0.2, 0.25) is 6.41 Å². The molecule has 0 radical (unpaired) electrons. The van der Waals surface area contributed by atoms with Crippen molar-refractivity contribution in [3.63, 3.8) is 0 Å². The average Bonchev–Trinajstić information content (AvgIpc) is 2.38. The van der Waals surface area contributed by atoms with Crippen LogP contribution in [0.2, 0.25) is 0 Å². The van der Waals surface area contributed by atoms with E-state index >= 15 is 0 Å². The molecule has 1 atom stereocenters. The number of carbonyl (C=O) groups is 2. The van der Waals surface area contributed by atoms with Crippen molar-refractivity contribution in [1.29, 1.82) is 0 Å². The van der Waals surface area contributed by atoms with E-state index in [9.17, 15) is 9.59 Å². The fraction of sp³-hybridized carbons (Fsp3) is 0.417. The fourth-order valence-corrected chi connectivity index (χ4v) is 1.48. The van der Waals surface area contributed by atoms with Gasteiger partial charge in [-0.15, -0.1) is 0 Å². The Morgan fingerprint density at radius 3 is 3.00 bits per heavy atom. The first-order chi connectivity index (χ1) is 8.30. The highest BCUT2D eigenvalue weighted by molar-refractivity contribution is 5.55. The lowest BCUT2D eigenvalue weighted by atomic mass is 10.1. The minimum atomic E-state index is -0.361. The highest BCUT2D eigenvalue weighted by atomic mass is 16.5. The second kappa shape index (κ2) is 7.51. The van der Waals surface area contributed by atoms with Gasteiger partial charge >= 0.3 is 0 Å². The van der Waals surface area contributed by atoms with Gasteiger partial charge in [0.25, 0.3) is 0 Å². The summed E-state index contributed by atoms with van der Waals surface area (Å²) >= 11 is 0. The van der Waals surface area contributed by atoms with Crippen LogP contribution >= 0.6 is 0 Å². The minimum absolute atomic E-state index is 0.361. The topological polar surface area (TPSA) is 68.3 Å². The fourth-order valence-electron chi connectivity index (χ4n) is 1.48. The Morgan fingerprint density at radius 2 is 2.35 bits per heavy atom. The maximum absolute atomic E-state index is 10.6. The zero-order valence-corrected chi connectivity index (χ0v) is 9.76. The van der Waals surface area contributed by atoms with Crippen LogP contribution in [-0.4, -0.2) is 30.9 Å². The third-order valence-electron chi connectivity index (χ3n) is 2.42. The summed E-state index contributed by atoms with van der Waals surface area (Å²) in [5.74, 6) is 0. The van der Waals surface area contributed by atoms with Gasteiger partial charge in [0.05, 0.1) is 12.2 Å². The van der Waals surface area contributed by atoms with E-state index in [4.69, 9.17) is 4.74 Å². The van der Waals surface area contributed by atoms with Crippen LogP contribution in [0.1, 0.15) is 17.7 Å². The molecule has 5 nitrogen and oxygen atoms in total. The number of carbonyl (C=O) groups excluding carboxylic acids is 2. The molecule has 5 heteroatoms. The Hall–Kier alpha value is -1.75. The molecule has 1 N–H and O–H groups in total. The molecule has 0 spiro atoms. The molecule has 0 bridgehead atoms. The lowest BCUT2D eigenvalue weighted by Gasteiger charge is -2.08. The van der Waals surface area contributed by atoms with E-state index in [-0.39, 0.29) is 6.10 Å². The molecule has 0 aliphatic carbocycles. The lowest BCUT2D eigenvalue weighted by molar-refractivity contribution is -0.116. The largest absolute Gasteiger partial charge is 0.374 e. The van der Waals surface area contributed by atoms with Gasteiger partial charge in [0.1, 0.15) is 12.4 Å². The molecular formula is C12H16N2O3. The molecule has 0 aromatic carbocycles. The summed E-state index contributed by atoms with van der Waals surface area (Å²) in [5, 5.41) is 2.56. The number of hydrogen-bond acceptors (Lipinski definition) is 4. The van der Waals surface area contributed by atoms with Gasteiger partial charge in [0, 0.05) is 13.3 Å². The van der Waals surface area contributed by atoms with Crippen molar-refractivity contribution in [1.82, 2.24) is 10.3 Å². The first-order valence-corrected chi connectivity index (χ1v) is 5.39. The van der Waals surface area contributed by atoms with E-state index in [1.54, 1.807) is 6.20 Å². The van der Waals surface area contributed by atoms with Gasteiger partial charge in [-0.25, -0.2) is 0 Å². The van der Waals surface area contributed by atoms with Crippen molar-refractivity contribution in [2.45, 2.75) is 25.5 Å². The Labute approximate surface area is 100 Å². The molecule has 1 aromatic heterocycles. The van der Waals surface area contributed by atoms with Crippen LogP contribution in [0.3, 0.4) is 0 Å². The molecule has 1 aromatic rings. The van der Waals surface area contributed by atoms with Crippen molar-refractivity contribution in [2.24, 2.45) is 0 Å². The van der Waals surface area contributed by atoms with Crippen molar-refractivity contribution in [2.75, 3.05) is 7.11 Å². The molecular weight excluding hydrogens is 220 g/mol. The van der Waals surface area contributed by atoms with E-state index in [0.29, 0.717) is 19.4 Å². The maximum atomic E-state index is 10.6. The van der Waals surface area contributed by atoms with Gasteiger partial charge < -0.3 is 14.8 Å². The predicted octanol–water partition coefficient (Wildman–Crippen LogP) is 0.474. The molecule has 1 heterocycles. The number of aldehydes is 1. The van der Waals surface area contributed by atoms with Gasteiger partial charge in [0.15, 0.2) is 0 Å². The number of hydrogen-bond donors (Lipinski definition) is 1. The first-order valence-electron chi connectivity index (χ1n) is 5.39. The smallest absolute Gasteiger partial charge is 0.207 e. The summed E-state index contributed by atoms with van der Waals surface area (Å²) < 4.78 is 4.97. The van der Waals surface area contributed by atoms with Crippen LogP contribution in [0.25, 0.3) is 0 Å². The molecule has 0 aliphatic heterocycles. The molecule has 1 rings (SSSR count). The number of ether oxygens (including phenoxy) is 1. The van der Waals surface area contributed by atoms with Crippen LogP contribution in [0, 0.1) is 0 Å². The minimum Gasteiger partial charge on any atom is -0.374 e. The van der Waals surface area contributed by atoms with Crippen LogP contribution in [0.4, 0.5) is 0 Å². The zero-order valence-electron chi connectivity index (χ0n) is 9.76. The van der Waals surface area contributed by atoms with Crippen molar-refractivity contribution < 1.29 is 14.3 Å². The average molecular weight is 236 g/mol. The normalized spacial score (nSPS) is 11.8. The van der Waals surface area contributed by atoms with Crippen LogP contribution in [0.15, 0.2) is 18.3 Å². The second-order valence-electron chi connectivity index (χ2n) is 3.60. The summed E-state index contributed by atoms with van der Waals surface area (Å²) in [6.45, 7) is 0.415. The predicted molar refractivity (Wildman–Crippen MR) is 62.3 cm³/mol. The van der Waals surface area contributed by atoms with Crippen molar-refractivity contribution >= 4 is 12.7 Å². The number of pyridine rings is 1. The number of amides is 1. The summed E-state index contributed by atoms with van der Waals surface area (Å²) in [4.78, 5) is 24.9. The first kappa shape index (κ1) is 13.3. The zero-order chi connectivity index (χ0) is 12.5. The number of methoxy groups -OCH3 is 1. The van der Waals surface area contributed by atoms with Crippen LogP contribution in [0.5, 0.6) is 0 Å². The SMILES string of the molecule is COC(C=O)CCc1ccnc(CNC=O)c1. The number of rotatable bonds is 8. The Bertz CT molecular complexity index is 369. The molecule has 0 saturated heterocycles. The van der Waals surface area contributed by atoms with E-state index in [1.165, 1.54) is 7.11 Å². The number of nitrogens with one attached hydrogen (secondary N) is 1. The van der Waals surface area contributed by atoms with Gasteiger partial charge in [-0.05, 0) is 30.5 Å². The number of nitrogens with zero attached hydrogens (tertiary/aromatic N) is 1. The molecule has 0 saturated carbocycles.